The van der Waals surface area contributed by atoms with E-state index in [4.69, 9.17) is 21.8 Å². The Labute approximate surface area is 160 Å². The zero-order valence-corrected chi connectivity index (χ0v) is 16.3. The summed E-state index contributed by atoms with van der Waals surface area (Å²) in [5.41, 5.74) is 7.34. The highest BCUT2D eigenvalue weighted by Gasteiger charge is 2.21. The largest absolute Gasteiger partial charge is 0.456 e. The normalized spacial score (nSPS) is 14.0. The first-order valence-corrected chi connectivity index (χ1v) is 9.54. The van der Waals surface area contributed by atoms with E-state index >= 15 is 0 Å². The highest BCUT2D eigenvalue weighted by atomic mass is 79.9. The zero-order chi connectivity index (χ0) is 18.1. The molecule has 3 N–H and O–H groups in total. The smallest absolute Gasteiger partial charge is 0.177 e. The monoisotopic (exact) mass is 449 g/mol. The van der Waals surface area contributed by atoms with Gasteiger partial charge in [-0.05, 0) is 34.3 Å². The van der Waals surface area contributed by atoms with Crippen LogP contribution in [0.4, 0.5) is 14.5 Å². The minimum Gasteiger partial charge on any atom is -0.456 e. The number of thiophene rings is 1. The predicted octanol–water partition coefficient (Wildman–Crippen LogP) is 5.28. The second kappa shape index (κ2) is 7.57. The molecule has 134 valence electrons. The van der Waals surface area contributed by atoms with Crippen LogP contribution in [0.15, 0.2) is 26.4 Å². The Morgan fingerprint density at radius 3 is 2.92 bits per heavy atom. The van der Waals surface area contributed by atoms with Gasteiger partial charge in [0, 0.05) is 18.5 Å². The van der Waals surface area contributed by atoms with E-state index < -0.39 is 12.2 Å². The van der Waals surface area contributed by atoms with Gasteiger partial charge in [-0.2, -0.15) is 0 Å². The van der Waals surface area contributed by atoms with E-state index in [1.807, 2.05) is 0 Å². The van der Waals surface area contributed by atoms with Crippen LogP contribution < -0.4 is 11.1 Å². The Morgan fingerprint density at radius 2 is 2.28 bits per heavy atom. The molecule has 3 aromatic heterocycles. The number of nitrogens with one attached hydrogen (secondary N) is 1. The van der Waals surface area contributed by atoms with Gasteiger partial charge in [-0.3, -0.25) is 0 Å². The lowest BCUT2D eigenvalue weighted by molar-refractivity contribution is 0.295. The summed E-state index contributed by atoms with van der Waals surface area (Å²) in [6.07, 6.45) is -0.957. The SMILES string of the molecule is C[C@H](F)[C@H](N)Cc1oc2c(NCc3sccc3F)cc(Cl)nc2c1Br. The first-order chi connectivity index (χ1) is 11.9. The molecule has 9 heteroatoms. The van der Waals surface area contributed by atoms with E-state index in [0.717, 1.165) is 0 Å². The second-order valence-corrected chi connectivity index (χ2v) is 7.78. The molecule has 3 rings (SSSR count). The van der Waals surface area contributed by atoms with Crippen LogP contribution in [0.2, 0.25) is 5.15 Å². The fourth-order valence-electron chi connectivity index (χ4n) is 2.32. The van der Waals surface area contributed by atoms with Crippen LogP contribution >= 0.6 is 38.9 Å². The van der Waals surface area contributed by atoms with Gasteiger partial charge in [0.15, 0.2) is 5.58 Å². The minimum absolute atomic E-state index is 0.214. The molecule has 0 saturated heterocycles. The topological polar surface area (TPSA) is 64.1 Å². The van der Waals surface area contributed by atoms with Gasteiger partial charge in [0.05, 0.1) is 21.6 Å². The average molecular weight is 451 g/mol. The quantitative estimate of drug-likeness (QED) is 0.501. The van der Waals surface area contributed by atoms with E-state index in [1.54, 1.807) is 11.4 Å². The lowest BCUT2D eigenvalue weighted by atomic mass is 10.1. The van der Waals surface area contributed by atoms with Gasteiger partial charge in [-0.25, -0.2) is 13.8 Å². The van der Waals surface area contributed by atoms with Gasteiger partial charge in [-0.1, -0.05) is 11.6 Å². The summed E-state index contributed by atoms with van der Waals surface area (Å²) in [4.78, 5) is 4.82. The summed E-state index contributed by atoms with van der Waals surface area (Å²) >= 11 is 10.8. The fraction of sp³-hybridized carbons (Fsp3) is 0.312. The molecule has 0 aliphatic rings. The van der Waals surface area contributed by atoms with Gasteiger partial charge in [-0.15, -0.1) is 11.3 Å². The second-order valence-electron chi connectivity index (χ2n) is 5.60. The number of alkyl halides is 1. The molecule has 2 atom stereocenters. The van der Waals surface area contributed by atoms with E-state index in [1.165, 1.54) is 24.3 Å². The van der Waals surface area contributed by atoms with Crippen molar-refractivity contribution in [1.82, 2.24) is 4.98 Å². The number of fused-ring (bicyclic) bond motifs is 1. The van der Waals surface area contributed by atoms with Crippen molar-refractivity contribution in [3.05, 3.63) is 43.6 Å². The molecule has 0 unspecified atom stereocenters. The Balaban J connectivity index is 1.94. The summed E-state index contributed by atoms with van der Waals surface area (Å²) in [7, 11) is 0. The summed E-state index contributed by atoms with van der Waals surface area (Å²) in [6, 6.07) is 2.33. The minimum atomic E-state index is -1.17. The number of aromatic nitrogens is 1. The van der Waals surface area contributed by atoms with Crippen LogP contribution in [0.25, 0.3) is 11.1 Å². The maximum atomic E-state index is 13.6. The number of nitrogens with zero attached hydrogens (tertiary/aromatic N) is 1. The molecule has 0 amide bonds. The van der Waals surface area contributed by atoms with E-state index in [0.29, 0.717) is 31.9 Å². The van der Waals surface area contributed by atoms with Crippen LogP contribution in [0, 0.1) is 5.82 Å². The third-order valence-electron chi connectivity index (χ3n) is 3.76. The van der Waals surface area contributed by atoms with Crippen molar-refractivity contribution in [3.63, 3.8) is 0 Å². The molecule has 0 spiro atoms. The molecule has 3 heterocycles. The number of nitrogens with two attached hydrogens (primary N) is 1. The van der Waals surface area contributed by atoms with Crippen LogP contribution in [0.1, 0.15) is 17.6 Å². The van der Waals surface area contributed by atoms with Crippen LogP contribution in [-0.2, 0) is 13.0 Å². The van der Waals surface area contributed by atoms with Crippen molar-refractivity contribution >= 4 is 55.7 Å². The van der Waals surface area contributed by atoms with Crippen LogP contribution in [0.3, 0.4) is 0 Å². The van der Waals surface area contributed by atoms with Crippen LogP contribution in [0.5, 0.6) is 0 Å². The Morgan fingerprint density at radius 1 is 1.52 bits per heavy atom. The Bertz CT molecular complexity index is 899. The fourth-order valence-corrected chi connectivity index (χ4v) is 3.71. The summed E-state index contributed by atoms with van der Waals surface area (Å²) < 4.78 is 33.4. The van der Waals surface area contributed by atoms with Gasteiger partial charge in [0.25, 0.3) is 0 Å². The lowest BCUT2D eigenvalue weighted by Gasteiger charge is -2.10. The first-order valence-electron chi connectivity index (χ1n) is 7.49. The predicted molar refractivity (Wildman–Crippen MR) is 101 cm³/mol. The molecule has 0 radical (unpaired) electrons. The molecule has 0 aliphatic carbocycles. The summed E-state index contributed by atoms with van der Waals surface area (Å²) in [5, 5.41) is 5.06. The van der Waals surface area contributed by atoms with Crippen molar-refractivity contribution in [3.8, 4) is 0 Å². The number of anilines is 1. The van der Waals surface area contributed by atoms with Crippen molar-refractivity contribution in [2.45, 2.75) is 32.1 Å². The molecular formula is C16H15BrClF2N3OS. The van der Waals surface area contributed by atoms with Gasteiger partial charge >= 0.3 is 0 Å². The van der Waals surface area contributed by atoms with E-state index in [2.05, 4.69) is 26.2 Å². The van der Waals surface area contributed by atoms with Crippen molar-refractivity contribution in [2.75, 3.05) is 5.32 Å². The molecule has 0 aromatic carbocycles. The molecular weight excluding hydrogens is 436 g/mol. The highest BCUT2D eigenvalue weighted by Crippen LogP contribution is 2.36. The van der Waals surface area contributed by atoms with Gasteiger partial charge < -0.3 is 15.5 Å². The number of hydrogen-bond acceptors (Lipinski definition) is 5. The molecule has 0 aliphatic heterocycles. The number of halogens is 4. The molecule has 25 heavy (non-hydrogen) atoms. The number of pyridine rings is 1. The molecule has 0 saturated carbocycles. The number of hydrogen-bond donors (Lipinski definition) is 2. The molecule has 0 bridgehead atoms. The maximum Gasteiger partial charge on any atom is 0.177 e. The Hall–Kier alpha value is -1.22. The lowest BCUT2D eigenvalue weighted by Crippen LogP contribution is -2.31. The van der Waals surface area contributed by atoms with Gasteiger partial charge in [0.1, 0.15) is 28.4 Å². The number of furan rings is 1. The van der Waals surface area contributed by atoms with Gasteiger partial charge in [0.2, 0.25) is 0 Å². The molecule has 3 aromatic rings. The highest BCUT2D eigenvalue weighted by molar-refractivity contribution is 9.10. The standard InChI is InChI=1S/C16H15BrClF2N3OS/c1-7(19)9(21)4-11-14(17)15-16(24-11)10(5-13(18)23-15)22-6-12-8(20)2-3-25-12/h2-3,5,7,9H,4,6,21H2,1H3,(H,22,23)/t7-,9+/m0/s1. The maximum absolute atomic E-state index is 13.6. The third kappa shape index (κ3) is 3.97. The van der Waals surface area contributed by atoms with Crippen molar-refractivity contribution in [2.24, 2.45) is 5.73 Å². The number of rotatable bonds is 6. The molecule has 4 nitrogen and oxygen atoms in total. The zero-order valence-electron chi connectivity index (χ0n) is 13.2. The van der Waals surface area contributed by atoms with E-state index in [-0.39, 0.29) is 23.9 Å². The first kappa shape index (κ1) is 18.6. The molecule has 0 fully saturated rings. The van der Waals surface area contributed by atoms with Crippen molar-refractivity contribution in [1.29, 1.82) is 0 Å². The van der Waals surface area contributed by atoms with E-state index in [9.17, 15) is 8.78 Å². The Kier molecular flexibility index (Phi) is 5.62. The third-order valence-corrected chi connectivity index (χ3v) is 5.67. The van der Waals surface area contributed by atoms with Crippen molar-refractivity contribution < 1.29 is 13.2 Å². The average Bonchev–Trinajstić information content (AvgIpc) is 3.10. The van der Waals surface area contributed by atoms with Crippen LogP contribution in [-0.4, -0.2) is 17.2 Å². The summed E-state index contributed by atoms with van der Waals surface area (Å²) in [6.45, 7) is 1.69. The summed E-state index contributed by atoms with van der Waals surface area (Å²) in [5.74, 6) is 0.227.